The van der Waals surface area contributed by atoms with Gasteiger partial charge in [-0.3, -0.25) is 4.79 Å². The molecule has 0 radical (unpaired) electrons. The molecule has 20 heavy (non-hydrogen) atoms. The molecule has 0 saturated carbocycles. The van der Waals surface area contributed by atoms with Crippen LogP contribution >= 0.6 is 0 Å². The first-order chi connectivity index (χ1) is 9.51. The number of aromatic nitrogens is 1. The minimum absolute atomic E-state index is 0.00288. The maximum Gasteiger partial charge on any atom is 0.252 e. The molecular formula is C16H22N2O2. The first-order valence-corrected chi connectivity index (χ1v) is 6.98. The van der Waals surface area contributed by atoms with Gasteiger partial charge in [0.15, 0.2) is 0 Å². The SMILES string of the molecule is Cc1ccc2cc(CN[C@H](CO)C(C)C)c(=O)[nH]c2c1. The molecule has 0 saturated heterocycles. The van der Waals surface area contributed by atoms with Gasteiger partial charge in [-0.1, -0.05) is 26.0 Å². The molecule has 0 aliphatic heterocycles. The average Bonchev–Trinajstić information content (AvgIpc) is 2.39. The Labute approximate surface area is 118 Å². The topological polar surface area (TPSA) is 65.1 Å². The Hall–Kier alpha value is -1.65. The number of pyridine rings is 1. The molecule has 0 spiro atoms. The van der Waals surface area contributed by atoms with E-state index in [1.807, 2.05) is 45.0 Å². The van der Waals surface area contributed by atoms with Crippen molar-refractivity contribution in [2.75, 3.05) is 6.61 Å². The van der Waals surface area contributed by atoms with Crippen LogP contribution in [0.1, 0.15) is 25.0 Å². The first kappa shape index (κ1) is 14.8. The van der Waals surface area contributed by atoms with E-state index in [4.69, 9.17) is 0 Å². The zero-order chi connectivity index (χ0) is 14.7. The third-order valence-corrected chi connectivity index (χ3v) is 3.63. The summed E-state index contributed by atoms with van der Waals surface area (Å²) in [6.45, 7) is 6.62. The number of aromatic amines is 1. The molecule has 0 fully saturated rings. The second-order valence-electron chi connectivity index (χ2n) is 5.63. The van der Waals surface area contributed by atoms with Gasteiger partial charge in [0, 0.05) is 23.7 Å². The summed E-state index contributed by atoms with van der Waals surface area (Å²) >= 11 is 0. The van der Waals surface area contributed by atoms with Crippen molar-refractivity contribution in [1.29, 1.82) is 0 Å². The van der Waals surface area contributed by atoms with E-state index < -0.39 is 0 Å². The Morgan fingerprint density at radius 2 is 2.05 bits per heavy atom. The molecule has 0 bridgehead atoms. The third kappa shape index (κ3) is 3.26. The lowest BCUT2D eigenvalue weighted by molar-refractivity contribution is 0.210. The molecule has 1 aromatic heterocycles. The van der Waals surface area contributed by atoms with Crippen LogP contribution in [0.25, 0.3) is 10.9 Å². The minimum Gasteiger partial charge on any atom is -0.395 e. The molecule has 108 valence electrons. The third-order valence-electron chi connectivity index (χ3n) is 3.63. The lowest BCUT2D eigenvalue weighted by Gasteiger charge is -2.19. The predicted octanol–water partition coefficient (Wildman–Crippen LogP) is 1.94. The molecule has 1 aromatic carbocycles. The lowest BCUT2D eigenvalue weighted by atomic mass is 10.0. The molecule has 0 aliphatic rings. The zero-order valence-corrected chi connectivity index (χ0v) is 12.2. The number of H-pyrrole nitrogens is 1. The Kier molecular flexibility index (Phi) is 4.57. The summed E-state index contributed by atoms with van der Waals surface area (Å²) in [5.74, 6) is 0.321. The fraction of sp³-hybridized carbons (Fsp3) is 0.438. The van der Waals surface area contributed by atoms with Crippen LogP contribution < -0.4 is 10.9 Å². The maximum absolute atomic E-state index is 12.1. The van der Waals surface area contributed by atoms with Crippen molar-refractivity contribution < 1.29 is 5.11 Å². The first-order valence-electron chi connectivity index (χ1n) is 6.98. The monoisotopic (exact) mass is 274 g/mol. The van der Waals surface area contributed by atoms with E-state index in [0.717, 1.165) is 16.5 Å². The van der Waals surface area contributed by atoms with E-state index >= 15 is 0 Å². The van der Waals surface area contributed by atoms with Gasteiger partial charge in [-0.15, -0.1) is 0 Å². The second-order valence-corrected chi connectivity index (χ2v) is 5.63. The highest BCUT2D eigenvalue weighted by Crippen LogP contribution is 2.13. The van der Waals surface area contributed by atoms with Gasteiger partial charge in [-0.25, -0.2) is 0 Å². The highest BCUT2D eigenvalue weighted by molar-refractivity contribution is 5.79. The highest BCUT2D eigenvalue weighted by atomic mass is 16.3. The number of rotatable bonds is 5. The van der Waals surface area contributed by atoms with Crippen molar-refractivity contribution in [3.63, 3.8) is 0 Å². The standard InChI is InChI=1S/C16H22N2O2/c1-10(2)15(9-19)17-8-13-7-12-5-4-11(3)6-14(12)18-16(13)20/h4-7,10,15,17,19H,8-9H2,1-3H3,(H,18,20)/t15-/m1/s1. The van der Waals surface area contributed by atoms with E-state index in [1.54, 1.807) is 0 Å². The smallest absolute Gasteiger partial charge is 0.252 e. The summed E-state index contributed by atoms with van der Waals surface area (Å²) in [5, 5.41) is 13.6. The number of aliphatic hydroxyl groups is 1. The Morgan fingerprint density at radius 1 is 1.30 bits per heavy atom. The quantitative estimate of drug-likeness (QED) is 0.780. The molecule has 2 aromatic rings. The molecule has 2 rings (SSSR count). The van der Waals surface area contributed by atoms with Crippen LogP contribution in [-0.2, 0) is 6.54 Å². The fourth-order valence-electron chi connectivity index (χ4n) is 2.24. The summed E-state index contributed by atoms with van der Waals surface area (Å²) in [4.78, 5) is 15.0. The summed E-state index contributed by atoms with van der Waals surface area (Å²) in [7, 11) is 0. The highest BCUT2D eigenvalue weighted by Gasteiger charge is 2.12. The Morgan fingerprint density at radius 3 is 2.70 bits per heavy atom. The van der Waals surface area contributed by atoms with Crippen LogP contribution in [0.4, 0.5) is 0 Å². The zero-order valence-electron chi connectivity index (χ0n) is 12.2. The Balaban J connectivity index is 2.24. The number of aryl methyl sites for hydroxylation is 1. The largest absolute Gasteiger partial charge is 0.395 e. The van der Waals surface area contributed by atoms with Gasteiger partial charge in [0.05, 0.1) is 6.61 Å². The molecule has 4 nitrogen and oxygen atoms in total. The lowest BCUT2D eigenvalue weighted by Crippen LogP contribution is -2.37. The van der Waals surface area contributed by atoms with Crippen LogP contribution in [0.2, 0.25) is 0 Å². The molecule has 0 aliphatic carbocycles. The van der Waals surface area contributed by atoms with Gasteiger partial charge in [0.2, 0.25) is 0 Å². The van der Waals surface area contributed by atoms with Crippen molar-refractivity contribution in [3.05, 3.63) is 45.7 Å². The number of aliphatic hydroxyl groups excluding tert-OH is 1. The number of benzene rings is 1. The van der Waals surface area contributed by atoms with Crippen LogP contribution in [0, 0.1) is 12.8 Å². The maximum atomic E-state index is 12.1. The molecule has 3 N–H and O–H groups in total. The second kappa shape index (κ2) is 6.20. The van der Waals surface area contributed by atoms with Crippen molar-refractivity contribution >= 4 is 10.9 Å². The van der Waals surface area contributed by atoms with E-state index in [0.29, 0.717) is 18.0 Å². The predicted molar refractivity (Wildman–Crippen MR) is 81.9 cm³/mol. The normalized spacial score (nSPS) is 13.1. The minimum atomic E-state index is -0.0731. The van der Waals surface area contributed by atoms with Crippen LogP contribution in [0.5, 0.6) is 0 Å². The van der Waals surface area contributed by atoms with E-state index in [1.165, 1.54) is 0 Å². The molecule has 1 heterocycles. The summed E-state index contributed by atoms with van der Waals surface area (Å²) < 4.78 is 0. The van der Waals surface area contributed by atoms with Gasteiger partial charge in [0.1, 0.15) is 0 Å². The van der Waals surface area contributed by atoms with Crippen molar-refractivity contribution in [2.24, 2.45) is 5.92 Å². The van der Waals surface area contributed by atoms with Gasteiger partial charge < -0.3 is 15.4 Å². The van der Waals surface area contributed by atoms with E-state index in [-0.39, 0.29) is 18.2 Å². The van der Waals surface area contributed by atoms with Crippen molar-refractivity contribution in [2.45, 2.75) is 33.4 Å². The molecule has 0 amide bonds. The molecular weight excluding hydrogens is 252 g/mol. The van der Waals surface area contributed by atoms with Gasteiger partial charge >= 0.3 is 0 Å². The van der Waals surface area contributed by atoms with Crippen molar-refractivity contribution in [3.8, 4) is 0 Å². The number of fused-ring (bicyclic) bond motifs is 1. The molecule has 0 unspecified atom stereocenters. The van der Waals surface area contributed by atoms with Crippen molar-refractivity contribution in [1.82, 2.24) is 10.3 Å². The number of hydrogen-bond acceptors (Lipinski definition) is 3. The van der Waals surface area contributed by atoms with E-state index in [9.17, 15) is 9.90 Å². The number of nitrogens with one attached hydrogen (secondary N) is 2. The average molecular weight is 274 g/mol. The van der Waals surface area contributed by atoms with Crippen LogP contribution in [-0.4, -0.2) is 22.7 Å². The van der Waals surface area contributed by atoms with Crippen LogP contribution in [0.3, 0.4) is 0 Å². The van der Waals surface area contributed by atoms with E-state index in [2.05, 4.69) is 10.3 Å². The van der Waals surface area contributed by atoms with Gasteiger partial charge in [-0.2, -0.15) is 0 Å². The Bertz CT molecular complexity index is 646. The van der Waals surface area contributed by atoms with Gasteiger partial charge in [-0.05, 0) is 35.9 Å². The molecule has 1 atom stereocenters. The summed E-state index contributed by atoms with van der Waals surface area (Å²) in [5.41, 5.74) is 2.61. The van der Waals surface area contributed by atoms with Crippen LogP contribution in [0.15, 0.2) is 29.1 Å². The summed E-state index contributed by atoms with van der Waals surface area (Å²) in [6, 6.07) is 7.93. The molecule has 4 heteroatoms. The van der Waals surface area contributed by atoms with Gasteiger partial charge in [0.25, 0.3) is 5.56 Å². The fourth-order valence-corrected chi connectivity index (χ4v) is 2.24. The number of hydrogen-bond donors (Lipinski definition) is 3. The summed E-state index contributed by atoms with van der Waals surface area (Å²) in [6.07, 6.45) is 0.